The van der Waals surface area contributed by atoms with Gasteiger partial charge in [0.05, 0.1) is 42.8 Å². The van der Waals surface area contributed by atoms with Crippen LogP contribution in [0.15, 0.2) is 60.8 Å². The molecule has 4 fully saturated rings. The van der Waals surface area contributed by atoms with E-state index in [2.05, 4.69) is 20.2 Å². The highest BCUT2D eigenvalue weighted by atomic mass is 19.1. The standard InChI is InChI=1S/C46H47F4N7O6/c1-45-19-29(47)22-56(25-45)41-34-21-51-39(38(50)40(34)52-42(53-41)62-26-46-12-6-13-57(46)23-30(48)20-46)33-18-31(63-44(59)55-14-16-60-36(24-55)27-7-3-2-4-8-27)17-28-10-11-35(49)32(37(28)33)9-5-15-61-43(58)54-45/h2-4,7-8,10-11,17-18,21,29-30,36H,5-6,9,12-16,19-20,22-26H2,1H3,(H,54,58)/t29-,30-,36+,45-,46+/m1/s1. The number of amides is 2. The van der Waals surface area contributed by atoms with Crippen molar-refractivity contribution in [3.05, 3.63) is 83.6 Å². The van der Waals surface area contributed by atoms with Crippen molar-refractivity contribution in [2.75, 3.05) is 64.0 Å². The predicted molar refractivity (Wildman–Crippen MR) is 224 cm³/mol. The van der Waals surface area contributed by atoms with Gasteiger partial charge in [0.1, 0.15) is 53.6 Å². The van der Waals surface area contributed by atoms with E-state index in [4.69, 9.17) is 23.9 Å². The molecule has 4 saturated heterocycles. The average Bonchev–Trinajstić information content (AvgIpc) is 3.80. The lowest BCUT2D eigenvalue weighted by atomic mass is 9.90. The quantitative estimate of drug-likeness (QED) is 0.175. The molecule has 5 atom stereocenters. The van der Waals surface area contributed by atoms with Crippen molar-refractivity contribution in [1.82, 2.24) is 30.1 Å². The summed E-state index contributed by atoms with van der Waals surface area (Å²) in [5.41, 5.74) is -0.901. The van der Waals surface area contributed by atoms with E-state index in [1.54, 1.807) is 17.9 Å². The summed E-state index contributed by atoms with van der Waals surface area (Å²) in [7, 11) is 0. The van der Waals surface area contributed by atoms with E-state index in [-0.39, 0.29) is 123 Å². The third kappa shape index (κ3) is 7.94. The molecule has 330 valence electrons. The molecule has 0 radical (unpaired) electrons. The molecule has 13 nitrogen and oxygen atoms in total. The molecule has 1 N–H and O–H groups in total. The Morgan fingerprint density at radius 3 is 2.68 bits per heavy atom. The van der Waals surface area contributed by atoms with Crippen LogP contribution >= 0.6 is 0 Å². The number of aryl methyl sites for hydroxylation is 1. The molecule has 6 bridgehead atoms. The lowest BCUT2D eigenvalue weighted by Gasteiger charge is -2.42. The van der Waals surface area contributed by atoms with Gasteiger partial charge in [-0.05, 0) is 79.3 Å². The molecule has 17 heteroatoms. The van der Waals surface area contributed by atoms with Crippen molar-refractivity contribution in [2.24, 2.45) is 0 Å². The molecule has 6 aliphatic rings. The van der Waals surface area contributed by atoms with E-state index < -0.39 is 47.2 Å². The number of alkyl halides is 2. The Balaban J connectivity index is 1.10. The van der Waals surface area contributed by atoms with Gasteiger partial charge in [0.15, 0.2) is 5.82 Å². The zero-order valence-corrected chi connectivity index (χ0v) is 34.8. The summed E-state index contributed by atoms with van der Waals surface area (Å²) in [4.78, 5) is 46.2. The zero-order valence-electron chi connectivity index (χ0n) is 34.8. The minimum absolute atomic E-state index is 0.0287. The minimum atomic E-state index is -1.43. The van der Waals surface area contributed by atoms with Crippen molar-refractivity contribution >= 4 is 39.7 Å². The maximum atomic E-state index is 17.7. The summed E-state index contributed by atoms with van der Waals surface area (Å²) >= 11 is 0. The first kappa shape index (κ1) is 41.2. The zero-order chi connectivity index (χ0) is 43.5. The van der Waals surface area contributed by atoms with Crippen LogP contribution in [0.2, 0.25) is 0 Å². The van der Waals surface area contributed by atoms with Gasteiger partial charge in [0.25, 0.3) is 0 Å². The van der Waals surface area contributed by atoms with Gasteiger partial charge in [-0.2, -0.15) is 9.97 Å². The molecule has 0 aliphatic carbocycles. The molecule has 6 aliphatic heterocycles. The van der Waals surface area contributed by atoms with E-state index in [0.717, 1.165) is 18.5 Å². The van der Waals surface area contributed by atoms with Crippen LogP contribution in [-0.2, 0) is 15.9 Å². The second kappa shape index (κ2) is 16.4. The average molecular weight is 870 g/mol. The summed E-state index contributed by atoms with van der Waals surface area (Å²) in [6.45, 7) is 3.39. The maximum absolute atomic E-state index is 17.7. The number of pyridine rings is 1. The smallest absolute Gasteiger partial charge is 0.415 e. The fourth-order valence-corrected chi connectivity index (χ4v) is 10.3. The number of halogens is 4. The van der Waals surface area contributed by atoms with Crippen LogP contribution in [-0.4, -0.2) is 119 Å². The van der Waals surface area contributed by atoms with Gasteiger partial charge in [-0.1, -0.05) is 36.4 Å². The number of hydrogen-bond donors (Lipinski definition) is 1. The lowest BCUT2D eigenvalue weighted by molar-refractivity contribution is -0.0218. The summed E-state index contributed by atoms with van der Waals surface area (Å²) < 4.78 is 88.0. The molecule has 2 aromatic heterocycles. The van der Waals surface area contributed by atoms with Crippen LogP contribution in [0.25, 0.3) is 32.9 Å². The van der Waals surface area contributed by atoms with Crippen LogP contribution in [0.3, 0.4) is 0 Å². The van der Waals surface area contributed by atoms with E-state index in [1.165, 1.54) is 29.3 Å². The number of rotatable bonds is 5. The highest BCUT2D eigenvalue weighted by Crippen LogP contribution is 2.43. The van der Waals surface area contributed by atoms with Crippen molar-refractivity contribution in [3.63, 3.8) is 0 Å². The molecule has 0 unspecified atom stereocenters. The van der Waals surface area contributed by atoms with Gasteiger partial charge in [-0.25, -0.2) is 27.2 Å². The first-order valence-corrected chi connectivity index (χ1v) is 21.6. The van der Waals surface area contributed by atoms with Gasteiger partial charge >= 0.3 is 18.2 Å². The molecule has 3 aromatic carbocycles. The van der Waals surface area contributed by atoms with E-state index in [9.17, 15) is 14.0 Å². The molecule has 0 spiro atoms. The number of nitrogens with zero attached hydrogens (tertiary/aromatic N) is 6. The number of alkyl carbamates (subject to hydrolysis) is 1. The largest absolute Gasteiger partial charge is 0.461 e. The number of carbonyl (C=O) groups is 2. The Morgan fingerprint density at radius 1 is 0.984 bits per heavy atom. The molecule has 8 heterocycles. The Kier molecular flexibility index (Phi) is 10.7. The van der Waals surface area contributed by atoms with Gasteiger partial charge in [0, 0.05) is 44.2 Å². The van der Waals surface area contributed by atoms with Gasteiger partial charge < -0.3 is 34.1 Å². The van der Waals surface area contributed by atoms with E-state index in [0.29, 0.717) is 23.7 Å². The number of nitrogens with one attached hydrogen (secondary N) is 1. The summed E-state index contributed by atoms with van der Waals surface area (Å²) in [6.07, 6.45) is -0.764. The Hall–Kier alpha value is -5.81. The SMILES string of the molecule is C[C@@]12C[C@@H](F)CN(C1)c1nc(OC[C@@]34CCCN3C[C@H](F)C4)nc3c(F)c(ncc13)-c1cc(OC(=O)N3CCO[C@H](c4ccccc4)C3)cc3ccc(F)c(c13)CCCOC(=O)N2. The number of hydrogen-bond acceptors (Lipinski definition) is 11. The number of anilines is 1. The monoisotopic (exact) mass is 869 g/mol. The van der Waals surface area contributed by atoms with Crippen LogP contribution in [0.5, 0.6) is 11.8 Å². The summed E-state index contributed by atoms with van der Waals surface area (Å²) in [5, 5.41) is 3.70. The molecular formula is C46H47F4N7O6. The molecule has 63 heavy (non-hydrogen) atoms. The molecule has 5 aromatic rings. The lowest BCUT2D eigenvalue weighted by Crippen LogP contribution is -2.60. The molecule has 11 rings (SSSR count). The van der Waals surface area contributed by atoms with Crippen molar-refractivity contribution < 1.29 is 46.1 Å². The van der Waals surface area contributed by atoms with Crippen LogP contribution in [0, 0.1) is 11.6 Å². The fraction of sp³-hybridized carbons (Fsp3) is 0.457. The predicted octanol–water partition coefficient (Wildman–Crippen LogP) is 7.63. The van der Waals surface area contributed by atoms with Crippen molar-refractivity contribution in [3.8, 4) is 23.0 Å². The van der Waals surface area contributed by atoms with Crippen LogP contribution in [0.4, 0.5) is 33.0 Å². The Morgan fingerprint density at radius 2 is 1.83 bits per heavy atom. The number of morpholine rings is 1. The van der Waals surface area contributed by atoms with Crippen LogP contribution < -0.4 is 19.7 Å². The minimum Gasteiger partial charge on any atom is -0.461 e. The first-order valence-electron chi connectivity index (χ1n) is 21.6. The first-order chi connectivity index (χ1) is 30.4. The second-order valence-corrected chi connectivity index (χ2v) is 17.7. The summed E-state index contributed by atoms with van der Waals surface area (Å²) in [5.74, 6) is -1.30. The van der Waals surface area contributed by atoms with E-state index >= 15 is 13.2 Å². The Bertz CT molecular complexity index is 2590. The highest BCUT2D eigenvalue weighted by Gasteiger charge is 2.49. The number of ether oxygens (including phenoxy) is 4. The highest BCUT2D eigenvalue weighted by molar-refractivity contribution is 6.02. The van der Waals surface area contributed by atoms with Crippen LogP contribution in [0.1, 0.15) is 56.3 Å². The van der Waals surface area contributed by atoms with Crippen molar-refractivity contribution in [2.45, 2.75) is 75.0 Å². The molecule has 2 amide bonds. The fourth-order valence-electron chi connectivity index (χ4n) is 10.3. The van der Waals surface area contributed by atoms with Gasteiger partial charge in [0.2, 0.25) is 0 Å². The Labute approximate surface area is 360 Å². The maximum Gasteiger partial charge on any atom is 0.415 e. The van der Waals surface area contributed by atoms with Gasteiger partial charge in [-0.3, -0.25) is 9.88 Å². The number of aromatic nitrogens is 3. The normalized spacial score (nSPS) is 26.4. The topological polar surface area (TPSA) is 131 Å². The number of carbonyl (C=O) groups excluding carboxylic acids is 2. The molecular weight excluding hydrogens is 823 g/mol. The van der Waals surface area contributed by atoms with Gasteiger partial charge in [-0.15, -0.1) is 0 Å². The second-order valence-electron chi connectivity index (χ2n) is 17.7. The van der Waals surface area contributed by atoms with E-state index in [1.807, 2.05) is 30.3 Å². The number of fused-ring (bicyclic) bond motifs is 7. The third-order valence-corrected chi connectivity index (χ3v) is 13.1. The summed E-state index contributed by atoms with van der Waals surface area (Å²) in [6, 6.07) is 15.2. The van der Waals surface area contributed by atoms with Crippen molar-refractivity contribution in [1.29, 1.82) is 0 Å². The molecule has 0 saturated carbocycles. The number of piperidine rings is 1. The number of benzene rings is 3. The third-order valence-electron chi connectivity index (χ3n) is 13.1.